The second-order valence-electron chi connectivity index (χ2n) is 5.29. The lowest BCUT2D eigenvalue weighted by atomic mass is 9.98. The van der Waals surface area contributed by atoms with E-state index in [9.17, 15) is 10.1 Å². The number of rotatable bonds is 4. The van der Waals surface area contributed by atoms with E-state index in [1.54, 1.807) is 6.92 Å². The van der Waals surface area contributed by atoms with Gasteiger partial charge in [-0.25, -0.2) is 0 Å². The largest absolute Gasteiger partial charge is 0.381 e. The van der Waals surface area contributed by atoms with Gasteiger partial charge in [0, 0.05) is 23.3 Å². The summed E-state index contributed by atoms with van der Waals surface area (Å²) in [6, 6.07) is 4.83. The maximum absolute atomic E-state index is 10.9. The van der Waals surface area contributed by atoms with Gasteiger partial charge in [0.05, 0.1) is 4.92 Å². The van der Waals surface area contributed by atoms with Crippen molar-refractivity contribution in [2.45, 2.75) is 27.2 Å². The average Bonchev–Trinajstić information content (AvgIpc) is 2.69. The second kappa shape index (κ2) is 5.32. The molecule has 0 spiro atoms. The number of nitrogens with two attached hydrogens (primary N) is 1. The summed E-state index contributed by atoms with van der Waals surface area (Å²) in [5.74, 6) is 1.25. The van der Waals surface area contributed by atoms with Crippen LogP contribution >= 0.6 is 0 Å². The van der Waals surface area contributed by atoms with Crippen molar-refractivity contribution in [2.24, 2.45) is 5.92 Å². The molecule has 0 bridgehead atoms. The first kappa shape index (κ1) is 14.0. The van der Waals surface area contributed by atoms with Gasteiger partial charge in [0.25, 0.3) is 5.69 Å². The highest BCUT2D eigenvalue weighted by Crippen LogP contribution is 2.32. The van der Waals surface area contributed by atoms with Crippen LogP contribution in [0.3, 0.4) is 0 Å². The number of non-ortho nitro benzene ring substituents is 1. The van der Waals surface area contributed by atoms with Crippen molar-refractivity contribution in [1.82, 2.24) is 5.16 Å². The number of anilines is 1. The lowest BCUT2D eigenvalue weighted by molar-refractivity contribution is -0.384. The number of nitro benzene ring substituents is 1. The maximum Gasteiger partial charge on any atom is 0.270 e. The van der Waals surface area contributed by atoms with Gasteiger partial charge in [-0.1, -0.05) is 19.0 Å². The maximum atomic E-state index is 10.9. The molecule has 2 rings (SSSR count). The number of aromatic nitrogens is 1. The first-order valence-corrected chi connectivity index (χ1v) is 6.39. The Kier molecular flexibility index (Phi) is 3.74. The first-order valence-electron chi connectivity index (χ1n) is 6.39. The Morgan fingerprint density at radius 2 is 2.10 bits per heavy atom. The minimum absolute atomic E-state index is 0.0328. The number of nitro groups is 1. The predicted octanol–water partition coefficient (Wildman–Crippen LogP) is 3.34. The normalized spacial score (nSPS) is 11.0. The fourth-order valence-corrected chi connectivity index (χ4v) is 2.15. The molecular formula is C14H17N3O3. The Morgan fingerprint density at radius 3 is 2.70 bits per heavy atom. The minimum Gasteiger partial charge on any atom is -0.381 e. The molecule has 6 heteroatoms. The third-order valence-electron chi connectivity index (χ3n) is 2.97. The van der Waals surface area contributed by atoms with E-state index in [-0.39, 0.29) is 5.69 Å². The van der Waals surface area contributed by atoms with Gasteiger partial charge in [-0.15, -0.1) is 0 Å². The standard InChI is InChI=1S/C14H17N3O3/c1-8(2)4-12-13(20-16-14(12)15)10-5-9(3)6-11(7-10)17(18)19/h5-8H,4H2,1-3H3,(H2,15,16). The van der Waals surface area contributed by atoms with Crippen LogP contribution in [0.5, 0.6) is 0 Å². The zero-order valence-electron chi connectivity index (χ0n) is 11.7. The van der Waals surface area contributed by atoms with Gasteiger partial charge in [0.2, 0.25) is 0 Å². The molecule has 1 aromatic carbocycles. The van der Waals surface area contributed by atoms with Crippen molar-refractivity contribution in [2.75, 3.05) is 5.73 Å². The topological polar surface area (TPSA) is 95.2 Å². The van der Waals surface area contributed by atoms with Gasteiger partial charge in [0.15, 0.2) is 11.6 Å². The van der Waals surface area contributed by atoms with Crippen molar-refractivity contribution in [3.8, 4) is 11.3 Å². The van der Waals surface area contributed by atoms with Gasteiger partial charge in [-0.3, -0.25) is 10.1 Å². The molecular weight excluding hydrogens is 258 g/mol. The van der Waals surface area contributed by atoms with Gasteiger partial charge < -0.3 is 10.3 Å². The molecule has 0 atom stereocenters. The molecule has 0 unspecified atom stereocenters. The van der Waals surface area contributed by atoms with Gasteiger partial charge >= 0.3 is 0 Å². The zero-order valence-corrected chi connectivity index (χ0v) is 11.7. The molecule has 2 aromatic rings. The number of aryl methyl sites for hydroxylation is 1. The molecule has 0 radical (unpaired) electrons. The highest BCUT2D eigenvalue weighted by molar-refractivity contribution is 5.69. The number of hydrogen-bond donors (Lipinski definition) is 1. The second-order valence-corrected chi connectivity index (χ2v) is 5.29. The van der Waals surface area contributed by atoms with Crippen molar-refractivity contribution in [3.63, 3.8) is 0 Å². The summed E-state index contributed by atoms with van der Waals surface area (Å²) in [7, 11) is 0. The molecule has 2 N–H and O–H groups in total. The Bertz CT molecular complexity index is 647. The van der Waals surface area contributed by atoms with E-state index in [1.807, 2.05) is 6.07 Å². The molecule has 106 valence electrons. The molecule has 20 heavy (non-hydrogen) atoms. The minimum atomic E-state index is -0.418. The van der Waals surface area contributed by atoms with Crippen LogP contribution in [0.2, 0.25) is 0 Å². The predicted molar refractivity (Wildman–Crippen MR) is 76.3 cm³/mol. The monoisotopic (exact) mass is 275 g/mol. The summed E-state index contributed by atoms with van der Waals surface area (Å²) in [6.45, 7) is 5.93. The van der Waals surface area contributed by atoms with E-state index in [2.05, 4.69) is 19.0 Å². The van der Waals surface area contributed by atoms with E-state index < -0.39 is 4.92 Å². The van der Waals surface area contributed by atoms with Crippen LogP contribution in [0.1, 0.15) is 25.0 Å². The van der Waals surface area contributed by atoms with Crippen molar-refractivity contribution < 1.29 is 9.45 Å². The van der Waals surface area contributed by atoms with E-state index in [4.69, 9.17) is 10.3 Å². The summed E-state index contributed by atoms with van der Waals surface area (Å²) in [6.07, 6.45) is 0.715. The van der Waals surface area contributed by atoms with Crippen molar-refractivity contribution in [1.29, 1.82) is 0 Å². The average molecular weight is 275 g/mol. The molecule has 6 nitrogen and oxygen atoms in total. The zero-order chi connectivity index (χ0) is 14.9. The molecule has 0 aliphatic carbocycles. The fraction of sp³-hybridized carbons (Fsp3) is 0.357. The van der Waals surface area contributed by atoms with Gasteiger partial charge in [0.1, 0.15) is 0 Å². The number of nitrogen functional groups attached to an aromatic ring is 1. The van der Waals surface area contributed by atoms with E-state index in [0.29, 0.717) is 29.5 Å². The molecule has 0 amide bonds. The van der Waals surface area contributed by atoms with Gasteiger partial charge in [-0.2, -0.15) is 0 Å². The summed E-state index contributed by atoms with van der Waals surface area (Å²) in [5, 5.41) is 14.7. The lowest BCUT2D eigenvalue weighted by Crippen LogP contribution is -1.99. The Morgan fingerprint density at radius 1 is 1.40 bits per heavy atom. The smallest absolute Gasteiger partial charge is 0.270 e. The van der Waals surface area contributed by atoms with E-state index in [0.717, 1.165) is 11.1 Å². The highest BCUT2D eigenvalue weighted by atomic mass is 16.6. The third kappa shape index (κ3) is 2.79. The SMILES string of the molecule is Cc1cc(-c2onc(N)c2CC(C)C)cc([N+](=O)[O-])c1. The molecule has 0 aliphatic heterocycles. The van der Waals surface area contributed by atoms with E-state index >= 15 is 0 Å². The van der Waals surface area contributed by atoms with Crippen LogP contribution in [0.4, 0.5) is 11.5 Å². The first-order chi connectivity index (χ1) is 9.38. The Hall–Kier alpha value is -2.37. The Balaban J connectivity index is 2.54. The number of nitrogens with zero attached hydrogens (tertiary/aromatic N) is 2. The molecule has 0 saturated heterocycles. The number of benzene rings is 1. The quantitative estimate of drug-likeness (QED) is 0.682. The molecule has 0 saturated carbocycles. The highest BCUT2D eigenvalue weighted by Gasteiger charge is 2.19. The Labute approximate surface area is 116 Å². The number of hydrogen-bond acceptors (Lipinski definition) is 5. The summed E-state index contributed by atoms with van der Waals surface area (Å²) in [4.78, 5) is 10.5. The van der Waals surface area contributed by atoms with Crippen LogP contribution in [-0.2, 0) is 6.42 Å². The van der Waals surface area contributed by atoms with Crippen LogP contribution in [0.15, 0.2) is 22.7 Å². The van der Waals surface area contributed by atoms with Crippen molar-refractivity contribution >= 4 is 11.5 Å². The molecule has 1 heterocycles. The van der Waals surface area contributed by atoms with E-state index in [1.165, 1.54) is 12.1 Å². The summed E-state index contributed by atoms with van der Waals surface area (Å²) >= 11 is 0. The summed E-state index contributed by atoms with van der Waals surface area (Å²) < 4.78 is 5.27. The lowest BCUT2D eigenvalue weighted by Gasteiger charge is -2.06. The molecule has 0 aliphatic rings. The molecule has 0 fully saturated rings. The van der Waals surface area contributed by atoms with Crippen LogP contribution < -0.4 is 5.73 Å². The third-order valence-corrected chi connectivity index (χ3v) is 2.97. The van der Waals surface area contributed by atoms with Crippen LogP contribution in [0, 0.1) is 23.0 Å². The van der Waals surface area contributed by atoms with Crippen LogP contribution in [-0.4, -0.2) is 10.1 Å². The summed E-state index contributed by atoms with van der Waals surface area (Å²) in [5.41, 5.74) is 8.09. The van der Waals surface area contributed by atoms with Crippen molar-refractivity contribution in [3.05, 3.63) is 39.4 Å². The van der Waals surface area contributed by atoms with Crippen LogP contribution in [0.25, 0.3) is 11.3 Å². The molecule has 1 aromatic heterocycles. The fourth-order valence-electron chi connectivity index (χ4n) is 2.15. The van der Waals surface area contributed by atoms with Gasteiger partial charge in [-0.05, 0) is 30.9 Å².